The van der Waals surface area contributed by atoms with Crippen molar-refractivity contribution < 1.29 is 22.7 Å². The van der Waals surface area contributed by atoms with Crippen molar-refractivity contribution in [2.75, 3.05) is 18.4 Å². The van der Waals surface area contributed by atoms with E-state index >= 15 is 8.78 Å². The van der Waals surface area contributed by atoms with Crippen molar-refractivity contribution >= 4 is 45.4 Å². The maximum absolute atomic E-state index is 15.5. The van der Waals surface area contributed by atoms with Gasteiger partial charge in [-0.2, -0.15) is 0 Å². The van der Waals surface area contributed by atoms with Crippen LogP contribution in [0.4, 0.5) is 20.3 Å². The van der Waals surface area contributed by atoms with Gasteiger partial charge < -0.3 is 25.1 Å². The molecule has 0 unspecified atom stereocenters. The summed E-state index contributed by atoms with van der Waals surface area (Å²) >= 11 is 1.24. The average Bonchev–Trinajstić information content (AvgIpc) is 3.32. The van der Waals surface area contributed by atoms with E-state index in [9.17, 15) is 4.79 Å². The summed E-state index contributed by atoms with van der Waals surface area (Å²) in [6.45, 7) is 3.22. The predicted octanol–water partition coefficient (Wildman–Crippen LogP) is 4.27. The van der Waals surface area contributed by atoms with E-state index in [-0.39, 0.29) is 40.7 Å². The molecule has 2 fully saturated rings. The summed E-state index contributed by atoms with van der Waals surface area (Å²) in [5.74, 6) is -1.29. The minimum atomic E-state index is -1.24. The fourth-order valence-corrected chi connectivity index (χ4v) is 7.42. The van der Waals surface area contributed by atoms with Gasteiger partial charge in [-0.15, -0.1) is 0 Å². The van der Waals surface area contributed by atoms with Crippen LogP contribution in [0.15, 0.2) is 52.6 Å². The summed E-state index contributed by atoms with van der Waals surface area (Å²) in [7, 11) is 0. The maximum Gasteiger partial charge on any atom is 0.239 e. The van der Waals surface area contributed by atoms with E-state index in [1.807, 2.05) is 4.90 Å². The smallest absolute Gasteiger partial charge is 0.239 e. The molecule has 3 atom stereocenters. The average molecular weight is 593 g/mol. The Morgan fingerprint density at radius 3 is 2.83 bits per heavy atom. The molecule has 42 heavy (non-hydrogen) atoms. The van der Waals surface area contributed by atoms with Gasteiger partial charge >= 0.3 is 0 Å². The van der Waals surface area contributed by atoms with Gasteiger partial charge in [-0.1, -0.05) is 11.8 Å². The van der Waals surface area contributed by atoms with E-state index in [2.05, 4.69) is 30.2 Å². The molecule has 3 aromatic heterocycles. The summed E-state index contributed by atoms with van der Waals surface area (Å²) in [5.41, 5.74) is 6.10. The number of anilines is 2. The van der Waals surface area contributed by atoms with Gasteiger partial charge in [-0.05, 0) is 32.3 Å². The third-order valence-corrected chi connectivity index (χ3v) is 9.40. The number of nitrogens with zero attached hydrogens (tertiary/aromatic N) is 6. The Morgan fingerprint density at radius 1 is 1.21 bits per heavy atom. The Balaban J connectivity index is 1.19. The van der Waals surface area contributed by atoms with Gasteiger partial charge in [0.25, 0.3) is 0 Å². The molecule has 1 aliphatic carbocycles. The Bertz CT molecular complexity index is 1730. The summed E-state index contributed by atoms with van der Waals surface area (Å²) in [6, 6.07) is 4.22. The van der Waals surface area contributed by atoms with Crippen LogP contribution < -0.4 is 15.8 Å². The van der Waals surface area contributed by atoms with Crippen LogP contribution in [0, 0.1) is 17.6 Å². The van der Waals surface area contributed by atoms with Gasteiger partial charge in [0.15, 0.2) is 29.2 Å². The number of amides is 1. The zero-order valence-electron chi connectivity index (χ0n) is 22.5. The minimum Gasteiger partial charge on any atom is -0.482 e. The Labute approximate surface area is 243 Å². The number of oxazole rings is 1. The van der Waals surface area contributed by atoms with E-state index in [0.29, 0.717) is 42.2 Å². The van der Waals surface area contributed by atoms with Crippen LogP contribution in [0.5, 0.6) is 5.75 Å². The van der Waals surface area contributed by atoms with Crippen LogP contribution in [-0.2, 0) is 16.9 Å². The number of amidine groups is 1. The highest BCUT2D eigenvalue weighted by Crippen LogP contribution is 2.66. The molecule has 0 bridgehead atoms. The lowest BCUT2D eigenvalue weighted by Gasteiger charge is -2.35. The van der Waals surface area contributed by atoms with Gasteiger partial charge in [0.1, 0.15) is 28.6 Å². The van der Waals surface area contributed by atoms with Crippen LogP contribution in [0.25, 0.3) is 11.0 Å². The monoisotopic (exact) mass is 592 g/mol. The number of halogens is 2. The van der Waals surface area contributed by atoms with Crippen molar-refractivity contribution in [3.63, 3.8) is 0 Å². The minimum absolute atomic E-state index is 0.00321. The van der Waals surface area contributed by atoms with Crippen molar-refractivity contribution in [3.8, 4) is 5.75 Å². The van der Waals surface area contributed by atoms with E-state index in [1.165, 1.54) is 42.8 Å². The molecule has 5 heterocycles. The molecule has 1 aromatic carbocycles. The third-order valence-electron chi connectivity index (χ3n) is 8.11. The number of pyridine rings is 1. The summed E-state index contributed by atoms with van der Waals surface area (Å²) in [4.78, 5) is 36.9. The number of aliphatic imine (C=N–C) groups is 1. The number of carbonyl (C=O) groups is 1. The predicted molar refractivity (Wildman–Crippen MR) is 151 cm³/mol. The first-order valence-electron chi connectivity index (χ1n) is 13.5. The standard InChI is InChI=1S/C28H26F2N8O3S/c1-27(20-11-28(20,42-26(31)37-27)25(39)38-5-2-3-6-38)17-8-15(9-18(29)22(17)30)36-24-23-19(34-14-35-24)10-16(12-33-23)41-13-21-32-4-7-40-21/h4,7-10,12,14,20H,2-3,5-6,11,13H2,1H3,(H2,31,37)(H,34,35,36)/t20-,27+,28-/m0/s1. The molecule has 3 aliphatic rings. The lowest BCUT2D eigenvalue weighted by molar-refractivity contribution is -0.130. The second kappa shape index (κ2) is 9.89. The Hall–Kier alpha value is -4.33. The normalized spacial score (nSPS) is 24.8. The molecule has 216 valence electrons. The molecule has 3 N–H and O–H groups in total. The van der Waals surface area contributed by atoms with Gasteiger partial charge in [0, 0.05) is 42.4 Å². The SMILES string of the molecule is C[C@]1(c2cc(Nc3ncnc4cc(OCc5ncco5)cnc34)cc(F)c2F)N=C(N)S[C@@]2(C(=O)N3CCCC3)C[C@H]21. The second-order valence-corrected chi connectivity index (χ2v) is 12.1. The maximum atomic E-state index is 15.5. The first-order chi connectivity index (χ1) is 20.3. The summed E-state index contributed by atoms with van der Waals surface area (Å²) in [6.07, 6.45) is 8.19. The van der Waals surface area contributed by atoms with Crippen molar-refractivity contribution in [1.29, 1.82) is 0 Å². The van der Waals surface area contributed by atoms with Crippen molar-refractivity contribution in [2.45, 2.75) is 43.1 Å². The van der Waals surface area contributed by atoms with Crippen LogP contribution in [0.3, 0.4) is 0 Å². The van der Waals surface area contributed by atoms with E-state index in [1.54, 1.807) is 13.0 Å². The Kier molecular flexibility index (Phi) is 6.26. The summed E-state index contributed by atoms with van der Waals surface area (Å²) < 4.78 is 40.6. The quantitative estimate of drug-likeness (QED) is 0.319. The molecule has 1 amide bonds. The highest BCUT2D eigenvalue weighted by molar-refractivity contribution is 8.15. The molecular weight excluding hydrogens is 566 g/mol. The first-order valence-corrected chi connectivity index (χ1v) is 14.3. The number of nitrogens with one attached hydrogen (secondary N) is 1. The van der Waals surface area contributed by atoms with Crippen molar-refractivity contribution in [2.24, 2.45) is 16.6 Å². The fraction of sp³-hybridized carbons (Fsp3) is 0.357. The number of rotatable bonds is 7. The fourth-order valence-electron chi connectivity index (χ4n) is 5.97. The molecule has 7 rings (SSSR count). The van der Waals surface area contributed by atoms with Gasteiger partial charge in [-0.3, -0.25) is 9.79 Å². The van der Waals surface area contributed by atoms with Crippen LogP contribution in [0.2, 0.25) is 0 Å². The van der Waals surface area contributed by atoms with E-state index in [4.69, 9.17) is 14.9 Å². The first kappa shape index (κ1) is 26.6. The van der Waals surface area contributed by atoms with Crippen LogP contribution in [0.1, 0.15) is 37.6 Å². The topological polar surface area (TPSA) is 145 Å². The van der Waals surface area contributed by atoms with E-state index < -0.39 is 21.9 Å². The molecule has 0 spiro atoms. The number of nitrogens with two attached hydrogens (primary N) is 1. The Morgan fingerprint density at radius 2 is 2.05 bits per heavy atom. The number of fused-ring (bicyclic) bond motifs is 2. The number of benzene rings is 1. The molecule has 1 saturated heterocycles. The number of likely N-dealkylation sites (tertiary alicyclic amines) is 1. The van der Waals surface area contributed by atoms with Gasteiger partial charge in [0.2, 0.25) is 11.8 Å². The zero-order valence-corrected chi connectivity index (χ0v) is 23.3. The van der Waals surface area contributed by atoms with E-state index in [0.717, 1.165) is 18.9 Å². The van der Waals surface area contributed by atoms with Crippen LogP contribution >= 0.6 is 11.8 Å². The number of thioether (sulfide) groups is 1. The number of hydrogen-bond acceptors (Lipinski definition) is 11. The second-order valence-electron chi connectivity index (χ2n) is 10.8. The molecule has 11 nitrogen and oxygen atoms in total. The molecule has 4 aromatic rings. The number of ether oxygens (including phenoxy) is 1. The number of hydrogen-bond donors (Lipinski definition) is 2. The zero-order chi connectivity index (χ0) is 29.1. The molecule has 2 aliphatic heterocycles. The molecule has 14 heteroatoms. The summed E-state index contributed by atoms with van der Waals surface area (Å²) in [5, 5.41) is 3.24. The lowest BCUT2D eigenvalue weighted by atomic mass is 9.85. The largest absolute Gasteiger partial charge is 0.482 e. The molecule has 1 saturated carbocycles. The van der Waals surface area contributed by atoms with Crippen LogP contribution in [-0.4, -0.2) is 53.7 Å². The van der Waals surface area contributed by atoms with Gasteiger partial charge in [-0.25, -0.2) is 28.7 Å². The third kappa shape index (κ3) is 4.40. The van der Waals surface area contributed by atoms with Crippen molar-refractivity contribution in [1.82, 2.24) is 24.8 Å². The van der Waals surface area contributed by atoms with Gasteiger partial charge in [0.05, 0.1) is 23.4 Å². The highest BCUT2D eigenvalue weighted by atomic mass is 32.2. The molecule has 0 radical (unpaired) electrons. The lowest BCUT2D eigenvalue weighted by Crippen LogP contribution is -2.45. The molecular formula is C28H26F2N8O3S. The number of aromatic nitrogens is 4. The van der Waals surface area contributed by atoms with Crippen molar-refractivity contribution in [3.05, 3.63) is 66.3 Å². The highest BCUT2D eigenvalue weighted by Gasteiger charge is 2.71. The number of carbonyl (C=O) groups excluding carboxylic acids is 1.